The largest absolute Gasteiger partial charge is 0.413 e. The summed E-state index contributed by atoms with van der Waals surface area (Å²) in [4.78, 5) is 0. The van der Waals surface area contributed by atoms with Crippen molar-refractivity contribution in [2.45, 2.75) is 6.18 Å². The first-order valence-corrected chi connectivity index (χ1v) is 5.13. The van der Waals surface area contributed by atoms with Crippen LogP contribution in [-0.4, -0.2) is 6.18 Å². The molecule has 0 amide bonds. The van der Waals surface area contributed by atoms with Crippen molar-refractivity contribution in [3.8, 4) is 0 Å². The van der Waals surface area contributed by atoms with Crippen molar-refractivity contribution < 1.29 is 13.2 Å². The first-order valence-electron chi connectivity index (χ1n) is 5.13. The molecule has 0 bridgehead atoms. The van der Waals surface area contributed by atoms with Crippen molar-refractivity contribution in [2.24, 2.45) is 0 Å². The molecule has 0 atom stereocenters. The van der Waals surface area contributed by atoms with Gasteiger partial charge in [0.15, 0.2) is 0 Å². The topological polar surface area (TPSA) is 0 Å². The highest BCUT2D eigenvalue weighted by Gasteiger charge is 2.35. The van der Waals surface area contributed by atoms with Crippen LogP contribution in [0.1, 0.15) is 11.1 Å². The Hall–Kier alpha value is -1.77. The molecule has 0 aromatic heterocycles. The Morgan fingerprint density at radius 1 is 0.941 bits per heavy atom. The molecule has 0 saturated carbocycles. The number of halogens is 3. The van der Waals surface area contributed by atoms with Crippen molar-refractivity contribution in [3.05, 3.63) is 65.6 Å². The zero-order valence-electron chi connectivity index (χ0n) is 8.68. The molecule has 2 aromatic rings. The van der Waals surface area contributed by atoms with E-state index in [1.807, 2.05) is 12.1 Å². The second-order valence-corrected chi connectivity index (χ2v) is 3.93. The lowest BCUT2D eigenvalue weighted by Crippen LogP contribution is -2.15. The smallest absolute Gasteiger partial charge is 0.166 e. The van der Waals surface area contributed by atoms with Gasteiger partial charge in [0.05, 0.1) is 0 Å². The van der Waals surface area contributed by atoms with E-state index in [0.29, 0.717) is 11.1 Å². The van der Waals surface area contributed by atoms with Crippen LogP contribution in [0.3, 0.4) is 0 Å². The Balaban J connectivity index is 2.30. The lowest BCUT2D eigenvalue weighted by Gasteiger charge is -2.18. The molecule has 0 spiro atoms. The van der Waals surface area contributed by atoms with E-state index < -0.39 is 11.7 Å². The third kappa shape index (κ3) is 1.62. The molecule has 3 rings (SSSR count). The van der Waals surface area contributed by atoms with Gasteiger partial charge in [0, 0.05) is 12.0 Å². The maximum absolute atomic E-state index is 12.7. The first-order chi connectivity index (χ1) is 8.05. The molecule has 2 aromatic carbocycles. The summed E-state index contributed by atoms with van der Waals surface area (Å²) in [5.74, 6) is 0. The minimum Gasteiger partial charge on any atom is -0.166 e. The van der Waals surface area contributed by atoms with Crippen LogP contribution in [0.5, 0.6) is 0 Å². The van der Waals surface area contributed by atoms with Crippen LogP contribution in [0.2, 0.25) is 0 Å². The van der Waals surface area contributed by atoms with Gasteiger partial charge in [-0.1, -0.05) is 36.4 Å². The summed E-state index contributed by atoms with van der Waals surface area (Å²) in [6.07, 6.45) is -0.766. The summed E-state index contributed by atoms with van der Waals surface area (Å²) in [6, 6.07) is 10.6. The van der Waals surface area contributed by atoms with Gasteiger partial charge in [-0.05, 0) is 28.0 Å². The fourth-order valence-electron chi connectivity index (χ4n) is 2.08. The molecule has 0 unspecified atom stereocenters. The van der Waals surface area contributed by atoms with Crippen LogP contribution < -0.4 is 0 Å². The number of alkyl halides is 3. The van der Waals surface area contributed by atoms with Crippen LogP contribution in [0.4, 0.5) is 13.2 Å². The molecular weight excluding hydrogens is 225 g/mol. The highest BCUT2D eigenvalue weighted by atomic mass is 19.4. The van der Waals surface area contributed by atoms with Crippen LogP contribution in [0.15, 0.2) is 42.0 Å². The summed E-state index contributed by atoms with van der Waals surface area (Å²) in [5.41, 5.74) is 0.390. The molecule has 84 valence electrons. The van der Waals surface area contributed by atoms with Gasteiger partial charge in [-0.15, -0.1) is 0 Å². The van der Waals surface area contributed by atoms with Crippen molar-refractivity contribution in [2.75, 3.05) is 0 Å². The highest BCUT2D eigenvalue weighted by Crippen LogP contribution is 2.37. The van der Waals surface area contributed by atoms with Gasteiger partial charge in [-0.3, -0.25) is 0 Å². The van der Waals surface area contributed by atoms with Gasteiger partial charge in [-0.25, -0.2) is 0 Å². The van der Waals surface area contributed by atoms with E-state index in [4.69, 9.17) is 0 Å². The standard InChI is InChI=1S/C14H7F3/c15-14(16,17)12-7-10-5-1-3-9-4-2-6-11(8-12)13(9)10/h1-7H. The van der Waals surface area contributed by atoms with E-state index in [1.165, 1.54) is 0 Å². The van der Waals surface area contributed by atoms with Crippen molar-refractivity contribution >= 4 is 10.8 Å². The lowest BCUT2D eigenvalue weighted by molar-refractivity contribution is -0.0900. The summed E-state index contributed by atoms with van der Waals surface area (Å²) < 4.78 is 38.1. The van der Waals surface area contributed by atoms with Crippen molar-refractivity contribution in [1.29, 1.82) is 0 Å². The number of hydrogen-bond donors (Lipinski definition) is 0. The molecule has 0 fully saturated rings. The monoisotopic (exact) mass is 232 g/mol. The second-order valence-electron chi connectivity index (χ2n) is 3.93. The normalized spacial score (nSPS) is 14.9. The van der Waals surface area contributed by atoms with Crippen molar-refractivity contribution in [3.63, 3.8) is 0 Å². The van der Waals surface area contributed by atoms with Crippen LogP contribution in [-0.2, 0) is 0 Å². The number of hydrogen-bond acceptors (Lipinski definition) is 0. The third-order valence-electron chi connectivity index (χ3n) is 2.81. The predicted molar refractivity (Wildman–Crippen MR) is 59.3 cm³/mol. The van der Waals surface area contributed by atoms with Gasteiger partial charge in [0.25, 0.3) is 0 Å². The number of benzene rings is 2. The predicted octanol–water partition coefficient (Wildman–Crippen LogP) is 4.05. The van der Waals surface area contributed by atoms with E-state index in [9.17, 15) is 13.2 Å². The minimum absolute atomic E-state index is 0.507. The molecule has 0 saturated heterocycles. The Kier molecular flexibility index (Phi) is 2.05. The molecule has 17 heavy (non-hydrogen) atoms. The van der Waals surface area contributed by atoms with E-state index in [-0.39, 0.29) is 0 Å². The highest BCUT2D eigenvalue weighted by molar-refractivity contribution is 5.92. The third-order valence-corrected chi connectivity index (χ3v) is 2.81. The maximum Gasteiger partial charge on any atom is 0.413 e. The molecule has 0 aliphatic heterocycles. The van der Waals surface area contributed by atoms with Gasteiger partial charge in [0.1, 0.15) is 0 Å². The van der Waals surface area contributed by atoms with Crippen molar-refractivity contribution in [1.82, 2.24) is 0 Å². The maximum atomic E-state index is 12.7. The number of rotatable bonds is 0. The van der Waals surface area contributed by atoms with E-state index in [2.05, 4.69) is 6.08 Å². The lowest BCUT2D eigenvalue weighted by atomic mass is 9.89. The van der Waals surface area contributed by atoms with Crippen LogP contribution in [0.25, 0.3) is 10.8 Å². The van der Waals surface area contributed by atoms with Crippen LogP contribution in [0, 0.1) is 12.5 Å². The van der Waals surface area contributed by atoms with E-state index in [1.54, 1.807) is 24.3 Å². The van der Waals surface area contributed by atoms with Crippen LogP contribution >= 0.6 is 0 Å². The zero-order chi connectivity index (χ0) is 12.0. The first kappa shape index (κ1) is 10.4. The molecule has 2 radical (unpaired) electrons. The SMILES string of the molecule is FC(F)(F)C1=[C]c2cccc3cccc(c23)[CH]1. The summed E-state index contributed by atoms with van der Waals surface area (Å²) in [6.45, 7) is 0. The molecule has 1 aliphatic rings. The average molecular weight is 232 g/mol. The zero-order valence-corrected chi connectivity index (χ0v) is 8.68. The molecule has 0 heterocycles. The summed E-state index contributed by atoms with van der Waals surface area (Å²) in [5, 5.41) is 1.77. The Bertz CT molecular complexity index is 616. The van der Waals surface area contributed by atoms with Gasteiger partial charge in [0.2, 0.25) is 0 Å². The molecule has 3 heteroatoms. The number of allylic oxidation sites excluding steroid dienone is 1. The quantitative estimate of drug-likeness (QED) is 0.642. The molecular formula is C14H7F3. The Labute approximate surface area is 96.4 Å². The second kappa shape index (κ2) is 3.36. The summed E-state index contributed by atoms with van der Waals surface area (Å²) in [7, 11) is 0. The fourth-order valence-corrected chi connectivity index (χ4v) is 2.08. The van der Waals surface area contributed by atoms with Gasteiger partial charge >= 0.3 is 6.18 Å². The van der Waals surface area contributed by atoms with Gasteiger partial charge < -0.3 is 0 Å². The van der Waals surface area contributed by atoms with E-state index >= 15 is 0 Å². The molecule has 0 nitrogen and oxygen atoms in total. The fraction of sp³-hybridized carbons (Fsp3) is 0.0714. The summed E-state index contributed by atoms with van der Waals surface area (Å²) >= 11 is 0. The molecule has 1 aliphatic carbocycles. The Morgan fingerprint density at radius 3 is 2.35 bits per heavy atom. The Morgan fingerprint density at radius 2 is 1.65 bits per heavy atom. The minimum atomic E-state index is -4.35. The van der Waals surface area contributed by atoms with E-state index in [0.717, 1.165) is 17.2 Å². The molecule has 0 N–H and O–H groups in total. The van der Waals surface area contributed by atoms with Gasteiger partial charge in [-0.2, -0.15) is 13.2 Å². The average Bonchev–Trinajstić information content (AvgIpc) is 2.28.